The summed E-state index contributed by atoms with van der Waals surface area (Å²) in [4.78, 5) is 31.3. The molecule has 0 amide bonds. The van der Waals surface area contributed by atoms with Crippen LogP contribution in [0, 0.1) is 24.4 Å². The number of fused-ring (bicyclic) bond motifs is 1. The van der Waals surface area contributed by atoms with Crippen molar-refractivity contribution in [2.24, 2.45) is 7.05 Å². The molecule has 41 heavy (non-hydrogen) atoms. The van der Waals surface area contributed by atoms with Crippen LogP contribution in [0.2, 0.25) is 0 Å². The molecule has 1 aliphatic rings. The van der Waals surface area contributed by atoms with Gasteiger partial charge in [-0.1, -0.05) is 6.08 Å². The number of aromatic nitrogens is 3. The Balaban J connectivity index is 1.46. The van der Waals surface area contributed by atoms with Gasteiger partial charge in [-0.25, -0.2) is 18.6 Å². The highest BCUT2D eigenvalue weighted by molar-refractivity contribution is 5.90. The van der Waals surface area contributed by atoms with E-state index in [-0.39, 0.29) is 11.6 Å². The smallest absolute Gasteiger partial charge is 0.337 e. The van der Waals surface area contributed by atoms with Gasteiger partial charge in [-0.2, -0.15) is 4.39 Å². The summed E-state index contributed by atoms with van der Waals surface area (Å²) in [6.07, 6.45) is 5.05. The van der Waals surface area contributed by atoms with Gasteiger partial charge >= 0.3 is 5.97 Å². The zero-order valence-electron chi connectivity index (χ0n) is 23.4. The zero-order valence-corrected chi connectivity index (χ0v) is 23.4. The van der Waals surface area contributed by atoms with Gasteiger partial charge in [-0.05, 0) is 55.7 Å². The van der Waals surface area contributed by atoms with Gasteiger partial charge in [-0.15, -0.1) is 0 Å². The van der Waals surface area contributed by atoms with Crippen molar-refractivity contribution < 1.29 is 22.7 Å². The molecule has 4 heterocycles. The second-order valence-electron chi connectivity index (χ2n) is 10.1. The number of esters is 1. The monoisotopic (exact) mass is 565 g/mol. The number of benzene rings is 1. The van der Waals surface area contributed by atoms with Crippen LogP contribution in [-0.4, -0.2) is 52.2 Å². The molecule has 0 spiro atoms. The van der Waals surface area contributed by atoms with Gasteiger partial charge in [0.1, 0.15) is 17.2 Å². The predicted molar refractivity (Wildman–Crippen MR) is 151 cm³/mol. The maximum Gasteiger partial charge on any atom is 0.337 e. The molecule has 0 fully saturated rings. The first kappa shape index (κ1) is 28.2. The van der Waals surface area contributed by atoms with Crippen LogP contribution in [0.4, 0.5) is 18.9 Å². The standard InChI is InChI=1S/C30H30F3N5O3/c1-16-12-19(30(40)41-5)13-21(31)25(16)18-7-10-37(11-8-18)17(2)24-14-20-23(6-9-35-28(20)36(24)4)38-15-22(32)27(34-3)26(33)29(38)39/h6-7,9,12-15,17,34H,8,10-11H2,1-5H3/t17-/m0/s1. The first-order valence-corrected chi connectivity index (χ1v) is 13.1. The molecule has 1 aliphatic heterocycles. The van der Waals surface area contributed by atoms with E-state index in [9.17, 15) is 18.4 Å². The van der Waals surface area contributed by atoms with Gasteiger partial charge in [0.25, 0.3) is 5.56 Å². The topological polar surface area (TPSA) is 81.4 Å². The molecule has 8 nitrogen and oxygen atoms in total. The fourth-order valence-electron chi connectivity index (χ4n) is 5.64. The van der Waals surface area contributed by atoms with E-state index in [0.29, 0.717) is 47.4 Å². The van der Waals surface area contributed by atoms with E-state index < -0.39 is 34.7 Å². The number of carbonyl (C=O) groups is 1. The lowest BCUT2D eigenvalue weighted by atomic mass is 9.93. The third kappa shape index (κ3) is 4.80. The Morgan fingerprint density at radius 1 is 1.17 bits per heavy atom. The molecule has 0 radical (unpaired) electrons. The summed E-state index contributed by atoms with van der Waals surface area (Å²) in [5, 5.41) is 2.96. The number of ether oxygens (including phenoxy) is 1. The molecule has 214 valence electrons. The number of methoxy groups -OCH3 is 1. The highest BCUT2D eigenvalue weighted by Crippen LogP contribution is 2.34. The molecule has 0 unspecified atom stereocenters. The number of carbonyl (C=O) groups excluding carboxylic acids is 1. The van der Waals surface area contributed by atoms with E-state index in [1.165, 1.54) is 26.4 Å². The number of pyridine rings is 2. The minimum Gasteiger partial charge on any atom is -0.465 e. The minimum absolute atomic E-state index is 0.0932. The molecule has 0 saturated carbocycles. The van der Waals surface area contributed by atoms with Crippen molar-refractivity contribution in [2.75, 3.05) is 32.6 Å². The predicted octanol–water partition coefficient (Wildman–Crippen LogP) is 5.13. The maximum absolute atomic E-state index is 15.0. The fourth-order valence-corrected chi connectivity index (χ4v) is 5.64. The van der Waals surface area contributed by atoms with Gasteiger partial charge in [0, 0.05) is 56.1 Å². The summed E-state index contributed by atoms with van der Waals surface area (Å²) in [5.41, 5.74) is 2.52. The van der Waals surface area contributed by atoms with Crippen LogP contribution in [0.1, 0.15) is 46.6 Å². The van der Waals surface area contributed by atoms with E-state index in [1.54, 1.807) is 19.1 Å². The van der Waals surface area contributed by atoms with Gasteiger partial charge in [-0.3, -0.25) is 14.3 Å². The Labute approximate surface area is 234 Å². The van der Waals surface area contributed by atoms with Crippen LogP contribution in [0.5, 0.6) is 0 Å². The van der Waals surface area contributed by atoms with Crippen molar-refractivity contribution in [1.82, 2.24) is 19.0 Å². The third-order valence-corrected chi connectivity index (χ3v) is 7.81. The van der Waals surface area contributed by atoms with E-state index in [1.807, 2.05) is 30.7 Å². The molecule has 4 aromatic rings. The molecule has 3 aromatic heterocycles. The number of hydrogen-bond acceptors (Lipinski definition) is 6. The molecule has 1 atom stereocenters. The number of nitrogens with zero attached hydrogens (tertiary/aromatic N) is 4. The summed E-state index contributed by atoms with van der Waals surface area (Å²) < 4.78 is 51.8. The first-order chi connectivity index (χ1) is 19.6. The number of aryl methyl sites for hydroxylation is 2. The zero-order chi connectivity index (χ0) is 29.6. The van der Waals surface area contributed by atoms with Gasteiger partial charge in [0.2, 0.25) is 5.82 Å². The van der Waals surface area contributed by atoms with Crippen LogP contribution >= 0.6 is 0 Å². The van der Waals surface area contributed by atoms with Gasteiger partial charge < -0.3 is 14.6 Å². The average Bonchev–Trinajstić information content (AvgIpc) is 3.30. The lowest BCUT2D eigenvalue weighted by Gasteiger charge is -2.32. The lowest BCUT2D eigenvalue weighted by Crippen LogP contribution is -2.32. The average molecular weight is 566 g/mol. The van der Waals surface area contributed by atoms with E-state index in [4.69, 9.17) is 4.74 Å². The molecule has 11 heteroatoms. The number of nitrogens with one attached hydrogen (secondary N) is 1. The second-order valence-corrected chi connectivity index (χ2v) is 10.1. The summed E-state index contributed by atoms with van der Waals surface area (Å²) in [6.45, 7) is 5.01. The van der Waals surface area contributed by atoms with Crippen LogP contribution < -0.4 is 10.9 Å². The van der Waals surface area contributed by atoms with Crippen molar-refractivity contribution in [3.8, 4) is 5.69 Å². The number of anilines is 1. The van der Waals surface area contributed by atoms with Crippen molar-refractivity contribution in [2.45, 2.75) is 26.3 Å². The molecule has 5 rings (SSSR count). The first-order valence-electron chi connectivity index (χ1n) is 13.1. The summed E-state index contributed by atoms with van der Waals surface area (Å²) >= 11 is 0. The molecule has 0 saturated heterocycles. The van der Waals surface area contributed by atoms with Gasteiger partial charge in [0.05, 0.1) is 24.6 Å². The highest BCUT2D eigenvalue weighted by atomic mass is 19.1. The summed E-state index contributed by atoms with van der Waals surface area (Å²) in [7, 11) is 4.46. The largest absolute Gasteiger partial charge is 0.465 e. The Morgan fingerprint density at radius 3 is 2.56 bits per heavy atom. The van der Waals surface area contributed by atoms with E-state index >= 15 is 4.39 Å². The number of rotatable bonds is 6. The van der Waals surface area contributed by atoms with Gasteiger partial charge in [0.15, 0.2) is 5.82 Å². The summed E-state index contributed by atoms with van der Waals surface area (Å²) in [5.74, 6) is -3.14. The van der Waals surface area contributed by atoms with Crippen molar-refractivity contribution in [1.29, 1.82) is 0 Å². The van der Waals surface area contributed by atoms with Crippen molar-refractivity contribution >= 4 is 28.3 Å². The third-order valence-electron chi connectivity index (χ3n) is 7.81. The van der Waals surface area contributed by atoms with E-state index in [2.05, 4.69) is 15.2 Å². The Bertz CT molecular complexity index is 1750. The SMILES string of the molecule is CNc1c(F)cn(-c2ccnc3c2cc([C@H](C)N2CC=C(c4c(C)cc(C(=O)OC)cc4F)CC2)n3C)c(=O)c1F. The Morgan fingerprint density at radius 2 is 1.93 bits per heavy atom. The van der Waals surface area contributed by atoms with Crippen molar-refractivity contribution in [3.05, 3.63) is 92.9 Å². The highest BCUT2D eigenvalue weighted by Gasteiger charge is 2.26. The maximum atomic E-state index is 15.0. The van der Waals surface area contributed by atoms with E-state index in [0.717, 1.165) is 22.0 Å². The molecule has 1 aromatic carbocycles. The molecule has 0 aliphatic carbocycles. The second kappa shape index (κ2) is 10.9. The van der Waals surface area contributed by atoms with Crippen molar-refractivity contribution in [3.63, 3.8) is 0 Å². The van der Waals surface area contributed by atoms with Crippen LogP contribution in [0.3, 0.4) is 0 Å². The summed E-state index contributed by atoms with van der Waals surface area (Å²) in [6, 6.07) is 6.18. The molecular formula is C30H30F3N5O3. The molecular weight excluding hydrogens is 535 g/mol. The minimum atomic E-state index is -1.20. The lowest BCUT2D eigenvalue weighted by molar-refractivity contribution is 0.0600. The van der Waals surface area contributed by atoms with Crippen LogP contribution in [0.15, 0.2) is 47.5 Å². The molecule has 0 bridgehead atoms. The number of halogens is 3. The Hall–Kier alpha value is -4.38. The Kier molecular flexibility index (Phi) is 7.48. The van der Waals surface area contributed by atoms with Crippen LogP contribution in [0.25, 0.3) is 22.3 Å². The molecule has 1 N–H and O–H groups in total. The van der Waals surface area contributed by atoms with Crippen LogP contribution in [-0.2, 0) is 11.8 Å². The normalized spacial score (nSPS) is 14.7. The quantitative estimate of drug-likeness (QED) is 0.327. The fraction of sp³-hybridized carbons (Fsp3) is 0.300. The number of hydrogen-bond donors (Lipinski definition) is 1.